The summed E-state index contributed by atoms with van der Waals surface area (Å²) in [6.07, 6.45) is 0. The Balaban J connectivity index is 1.94. The maximum absolute atomic E-state index is 12.6. The normalized spacial score (nSPS) is 11.0. The van der Waals surface area contributed by atoms with Crippen molar-refractivity contribution in [2.24, 2.45) is 0 Å². The van der Waals surface area contributed by atoms with Gasteiger partial charge in [-0.3, -0.25) is 4.57 Å². The average molecular weight is 404 g/mol. The van der Waals surface area contributed by atoms with Crippen LogP contribution in [0.1, 0.15) is 34.6 Å². The molecule has 0 fully saturated rings. The molecule has 4 aromatic rings. The van der Waals surface area contributed by atoms with E-state index in [1.165, 1.54) is 0 Å². The molecule has 0 unspecified atom stereocenters. The van der Waals surface area contributed by atoms with Crippen LogP contribution in [0, 0.1) is 0 Å². The molecule has 0 bridgehead atoms. The van der Waals surface area contributed by atoms with Gasteiger partial charge in [-0.15, -0.1) is 0 Å². The maximum Gasteiger partial charge on any atom is 0.344 e. The first-order valence-electron chi connectivity index (χ1n) is 9.56. The summed E-state index contributed by atoms with van der Waals surface area (Å²) in [6.45, 7) is 3.98. The first kappa shape index (κ1) is 19.4. The van der Waals surface area contributed by atoms with Gasteiger partial charge in [-0.1, -0.05) is 12.1 Å². The van der Waals surface area contributed by atoms with Gasteiger partial charge in [0.2, 0.25) is 0 Å². The third kappa shape index (κ3) is 3.22. The number of para-hydroxylation sites is 2. The maximum atomic E-state index is 12.6. The number of nitrogens with two attached hydrogens (primary N) is 1. The van der Waals surface area contributed by atoms with Gasteiger partial charge in [-0.05, 0) is 50.2 Å². The highest BCUT2D eigenvalue weighted by Crippen LogP contribution is 2.31. The molecular weight excluding hydrogens is 384 g/mol. The van der Waals surface area contributed by atoms with Crippen LogP contribution >= 0.6 is 0 Å². The zero-order valence-electron chi connectivity index (χ0n) is 16.6. The van der Waals surface area contributed by atoms with E-state index < -0.39 is 11.9 Å². The lowest BCUT2D eigenvalue weighted by Gasteiger charge is -2.09. The van der Waals surface area contributed by atoms with Gasteiger partial charge in [-0.25, -0.2) is 19.6 Å². The number of carbonyl (C=O) groups excluding carboxylic acids is 2. The van der Waals surface area contributed by atoms with Crippen LogP contribution in [-0.4, -0.2) is 39.7 Å². The third-order valence-corrected chi connectivity index (χ3v) is 4.61. The molecule has 0 saturated heterocycles. The van der Waals surface area contributed by atoms with Crippen LogP contribution in [0.3, 0.4) is 0 Å². The molecule has 8 nitrogen and oxygen atoms in total. The van der Waals surface area contributed by atoms with Crippen LogP contribution in [0.25, 0.3) is 27.9 Å². The van der Waals surface area contributed by atoms with Crippen molar-refractivity contribution in [1.29, 1.82) is 0 Å². The monoisotopic (exact) mass is 404 g/mol. The van der Waals surface area contributed by atoms with Crippen LogP contribution in [0.5, 0.6) is 0 Å². The Morgan fingerprint density at radius 3 is 2.13 bits per heavy atom. The lowest BCUT2D eigenvalue weighted by atomic mass is 10.2. The summed E-state index contributed by atoms with van der Waals surface area (Å²) in [7, 11) is 0. The Kier molecular flexibility index (Phi) is 5.05. The van der Waals surface area contributed by atoms with Gasteiger partial charge in [0.25, 0.3) is 0 Å². The minimum atomic E-state index is -0.563. The zero-order valence-corrected chi connectivity index (χ0v) is 16.6. The van der Waals surface area contributed by atoms with Crippen LogP contribution in [-0.2, 0) is 9.47 Å². The molecule has 0 spiro atoms. The van der Waals surface area contributed by atoms with E-state index >= 15 is 0 Å². The number of fused-ring (bicyclic) bond motifs is 2. The fraction of sp³-hybridized carbons (Fsp3) is 0.182. The van der Waals surface area contributed by atoms with Gasteiger partial charge in [0.15, 0.2) is 5.65 Å². The molecule has 0 aliphatic heterocycles. The Labute approximate surface area is 172 Å². The van der Waals surface area contributed by atoms with E-state index in [-0.39, 0.29) is 18.0 Å². The second-order valence-corrected chi connectivity index (χ2v) is 6.47. The van der Waals surface area contributed by atoms with Crippen molar-refractivity contribution in [2.75, 3.05) is 18.9 Å². The van der Waals surface area contributed by atoms with Crippen LogP contribution < -0.4 is 5.73 Å². The molecule has 2 heterocycles. The Morgan fingerprint density at radius 2 is 1.50 bits per heavy atom. The summed E-state index contributed by atoms with van der Waals surface area (Å²) in [4.78, 5) is 33.9. The summed E-state index contributed by atoms with van der Waals surface area (Å²) >= 11 is 0. The van der Waals surface area contributed by atoms with Gasteiger partial charge >= 0.3 is 11.9 Å². The highest BCUT2D eigenvalue weighted by atomic mass is 16.5. The van der Waals surface area contributed by atoms with E-state index in [2.05, 4.69) is 9.97 Å². The average Bonchev–Trinajstić information content (AvgIpc) is 3.03. The fourth-order valence-corrected chi connectivity index (χ4v) is 3.29. The summed E-state index contributed by atoms with van der Waals surface area (Å²) in [6, 6.07) is 14.1. The standard InChI is InChI=1S/C22H20N4O4/c1-3-29-21(27)13-9-11-14(12-10-13)26-19(23)17(22(28)30-4-2)18-20(26)25-16-8-6-5-7-15(16)24-18/h5-12H,3-4,23H2,1-2H3. The van der Waals surface area contributed by atoms with Gasteiger partial charge in [-0.2, -0.15) is 0 Å². The van der Waals surface area contributed by atoms with Crippen molar-refractivity contribution in [3.63, 3.8) is 0 Å². The molecule has 2 N–H and O–H groups in total. The number of nitrogens with zero attached hydrogens (tertiary/aromatic N) is 3. The molecule has 0 aliphatic rings. The van der Waals surface area contributed by atoms with Gasteiger partial charge < -0.3 is 15.2 Å². The van der Waals surface area contributed by atoms with E-state index in [4.69, 9.17) is 15.2 Å². The van der Waals surface area contributed by atoms with Gasteiger partial charge in [0.1, 0.15) is 16.9 Å². The highest BCUT2D eigenvalue weighted by molar-refractivity contribution is 6.09. The van der Waals surface area contributed by atoms with E-state index in [1.54, 1.807) is 42.7 Å². The summed E-state index contributed by atoms with van der Waals surface area (Å²) < 4.78 is 11.9. The number of nitrogen functional groups attached to an aromatic ring is 1. The predicted molar refractivity (Wildman–Crippen MR) is 113 cm³/mol. The van der Waals surface area contributed by atoms with Gasteiger partial charge in [0, 0.05) is 5.69 Å². The molecule has 8 heteroatoms. The third-order valence-electron chi connectivity index (χ3n) is 4.61. The first-order chi connectivity index (χ1) is 14.5. The zero-order chi connectivity index (χ0) is 21.3. The molecule has 0 radical (unpaired) electrons. The number of ether oxygens (including phenoxy) is 2. The smallest absolute Gasteiger partial charge is 0.344 e. The number of benzene rings is 2. The SMILES string of the molecule is CCOC(=O)c1ccc(-n2c(N)c(C(=O)OCC)c3nc4ccccc4nc32)cc1. The summed E-state index contributed by atoms with van der Waals surface area (Å²) in [5.41, 5.74) is 9.69. The van der Waals surface area contributed by atoms with Crippen LogP contribution in [0.15, 0.2) is 48.5 Å². The number of hydrogen-bond acceptors (Lipinski definition) is 7. The Hall–Kier alpha value is -3.94. The van der Waals surface area contributed by atoms with E-state index in [0.29, 0.717) is 40.1 Å². The fourth-order valence-electron chi connectivity index (χ4n) is 3.29. The molecule has 0 saturated carbocycles. The molecule has 0 amide bonds. The quantitative estimate of drug-likeness (QED) is 0.507. The second-order valence-electron chi connectivity index (χ2n) is 6.47. The summed E-state index contributed by atoms with van der Waals surface area (Å²) in [5, 5.41) is 0. The van der Waals surface area contributed by atoms with Crippen molar-refractivity contribution >= 4 is 40.0 Å². The molecular formula is C22H20N4O4. The van der Waals surface area contributed by atoms with Crippen molar-refractivity contribution in [3.05, 3.63) is 59.7 Å². The Bertz CT molecular complexity index is 1260. The Morgan fingerprint density at radius 1 is 0.900 bits per heavy atom. The molecule has 30 heavy (non-hydrogen) atoms. The molecule has 0 aliphatic carbocycles. The van der Waals surface area contributed by atoms with E-state index in [9.17, 15) is 9.59 Å². The van der Waals surface area contributed by atoms with Crippen LogP contribution in [0.4, 0.5) is 5.82 Å². The van der Waals surface area contributed by atoms with Crippen molar-refractivity contribution in [1.82, 2.24) is 14.5 Å². The van der Waals surface area contributed by atoms with Crippen molar-refractivity contribution in [2.45, 2.75) is 13.8 Å². The number of hydrogen-bond donors (Lipinski definition) is 1. The second kappa shape index (κ2) is 7.82. The molecule has 152 valence electrons. The lowest BCUT2D eigenvalue weighted by Crippen LogP contribution is -2.09. The predicted octanol–water partition coefficient (Wildman–Crippen LogP) is 3.51. The largest absolute Gasteiger partial charge is 0.462 e. The molecule has 2 aromatic heterocycles. The number of anilines is 1. The van der Waals surface area contributed by atoms with E-state index in [0.717, 1.165) is 0 Å². The van der Waals surface area contributed by atoms with Crippen LogP contribution in [0.2, 0.25) is 0 Å². The number of carbonyl (C=O) groups is 2. The number of aromatic nitrogens is 3. The lowest BCUT2D eigenvalue weighted by molar-refractivity contribution is 0.0518. The number of rotatable bonds is 5. The molecule has 0 atom stereocenters. The molecule has 4 rings (SSSR count). The van der Waals surface area contributed by atoms with Crippen molar-refractivity contribution in [3.8, 4) is 5.69 Å². The van der Waals surface area contributed by atoms with Gasteiger partial charge in [0.05, 0.1) is 29.8 Å². The molecule has 2 aromatic carbocycles. The highest BCUT2D eigenvalue weighted by Gasteiger charge is 2.25. The minimum Gasteiger partial charge on any atom is -0.462 e. The van der Waals surface area contributed by atoms with E-state index in [1.807, 2.05) is 24.3 Å². The summed E-state index contributed by atoms with van der Waals surface area (Å²) in [5.74, 6) is -0.804. The minimum absolute atomic E-state index is 0.166. The van der Waals surface area contributed by atoms with Crippen molar-refractivity contribution < 1.29 is 19.1 Å². The number of esters is 2. The topological polar surface area (TPSA) is 109 Å². The first-order valence-corrected chi connectivity index (χ1v) is 9.56.